The Bertz CT molecular complexity index is 581. The fourth-order valence-electron chi connectivity index (χ4n) is 1.92. The highest BCUT2D eigenvalue weighted by molar-refractivity contribution is 6.33. The van der Waals surface area contributed by atoms with Crippen LogP contribution >= 0.6 is 11.6 Å². The Morgan fingerprint density at radius 2 is 2.26 bits per heavy atom. The number of rotatable bonds is 5. The zero-order chi connectivity index (χ0) is 13.2. The second-order valence-electron chi connectivity index (χ2n) is 4.70. The standard InChI is InChI=1S/C14H14ClFN2O/c15-14-10(2-1-3-11(14)16)12-8-18-13(19-12)6-7-17-9-4-5-9/h1-3,8-9,17H,4-7H2. The van der Waals surface area contributed by atoms with Crippen molar-refractivity contribution < 1.29 is 8.81 Å². The fourth-order valence-corrected chi connectivity index (χ4v) is 2.13. The first-order valence-corrected chi connectivity index (χ1v) is 6.74. The van der Waals surface area contributed by atoms with E-state index in [1.54, 1.807) is 18.3 Å². The van der Waals surface area contributed by atoms with Crippen LogP contribution in [0.25, 0.3) is 11.3 Å². The molecule has 1 aromatic carbocycles. The van der Waals surface area contributed by atoms with E-state index < -0.39 is 5.82 Å². The maximum Gasteiger partial charge on any atom is 0.196 e. The number of nitrogens with zero attached hydrogens (tertiary/aromatic N) is 1. The number of nitrogens with one attached hydrogen (secondary N) is 1. The van der Waals surface area contributed by atoms with Gasteiger partial charge in [-0.25, -0.2) is 9.37 Å². The van der Waals surface area contributed by atoms with E-state index in [1.165, 1.54) is 18.9 Å². The molecule has 0 aliphatic heterocycles. The van der Waals surface area contributed by atoms with Gasteiger partial charge in [-0.1, -0.05) is 17.7 Å². The van der Waals surface area contributed by atoms with Gasteiger partial charge in [0.25, 0.3) is 0 Å². The summed E-state index contributed by atoms with van der Waals surface area (Å²) in [6.07, 6.45) is 4.84. The highest BCUT2D eigenvalue weighted by Gasteiger charge is 2.20. The molecule has 2 aromatic rings. The number of oxazole rings is 1. The molecule has 1 aliphatic carbocycles. The van der Waals surface area contributed by atoms with Gasteiger partial charge in [0.05, 0.1) is 11.2 Å². The molecule has 0 radical (unpaired) electrons. The number of hydrogen-bond acceptors (Lipinski definition) is 3. The van der Waals surface area contributed by atoms with E-state index >= 15 is 0 Å². The summed E-state index contributed by atoms with van der Waals surface area (Å²) in [5, 5.41) is 3.46. The highest BCUT2D eigenvalue weighted by atomic mass is 35.5. The maximum atomic E-state index is 13.4. The topological polar surface area (TPSA) is 38.1 Å². The van der Waals surface area contributed by atoms with Crippen LogP contribution in [0.2, 0.25) is 5.02 Å². The fraction of sp³-hybridized carbons (Fsp3) is 0.357. The highest BCUT2D eigenvalue weighted by Crippen LogP contribution is 2.30. The molecule has 0 saturated heterocycles. The van der Waals surface area contributed by atoms with Crippen LogP contribution < -0.4 is 5.32 Å². The molecule has 19 heavy (non-hydrogen) atoms. The Balaban J connectivity index is 1.70. The summed E-state index contributed by atoms with van der Waals surface area (Å²) >= 11 is 5.92. The van der Waals surface area contributed by atoms with Crippen molar-refractivity contribution in [3.05, 3.63) is 41.1 Å². The van der Waals surface area contributed by atoms with E-state index in [1.807, 2.05) is 0 Å². The number of hydrogen-bond donors (Lipinski definition) is 1. The predicted octanol–water partition coefficient (Wildman–Crippen LogP) is 3.43. The zero-order valence-electron chi connectivity index (χ0n) is 10.3. The van der Waals surface area contributed by atoms with Crippen molar-refractivity contribution in [2.24, 2.45) is 0 Å². The van der Waals surface area contributed by atoms with E-state index in [-0.39, 0.29) is 5.02 Å². The molecule has 0 atom stereocenters. The van der Waals surface area contributed by atoms with Gasteiger partial charge in [-0.3, -0.25) is 0 Å². The summed E-state index contributed by atoms with van der Waals surface area (Å²) in [5.74, 6) is 0.696. The quantitative estimate of drug-likeness (QED) is 0.912. The van der Waals surface area contributed by atoms with Crippen LogP contribution in [0.1, 0.15) is 18.7 Å². The lowest BCUT2D eigenvalue weighted by Crippen LogP contribution is -2.19. The third-order valence-corrected chi connectivity index (χ3v) is 3.50. The molecule has 3 nitrogen and oxygen atoms in total. The summed E-state index contributed by atoms with van der Waals surface area (Å²) in [7, 11) is 0. The number of benzene rings is 1. The van der Waals surface area contributed by atoms with E-state index in [0.29, 0.717) is 23.3 Å². The average molecular weight is 281 g/mol. The molecule has 0 bridgehead atoms. The van der Waals surface area contributed by atoms with E-state index in [9.17, 15) is 4.39 Å². The molecule has 100 valence electrons. The van der Waals surface area contributed by atoms with E-state index in [0.717, 1.165) is 13.0 Å². The molecule has 5 heteroatoms. The first-order chi connectivity index (χ1) is 9.24. The van der Waals surface area contributed by atoms with Crippen molar-refractivity contribution in [1.82, 2.24) is 10.3 Å². The molecular weight excluding hydrogens is 267 g/mol. The first kappa shape index (κ1) is 12.6. The zero-order valence-corrected chi connectivity index (χ0v) is 11.1. The van der Waals surface area contributed by atoms with Crippen molar-refractivity contribution in [1.29, 1.82) is 0 Å². The lowest BCUT2D eigenvalue weighted by molar-refractivity contribution is 0.494. The van der Waals surface area contributed by atoms with Gasteiger partial charge < -0.3 is 9.73 Å². The Morgan fingerprint density at radius 3 is 3.05 bits per heavy atom. The van der Waals surface area contributed by atoms with Crippen molar-refractivity contribution in [3.8, 4) is 11.3 Å². The molecule has 0 spiro atoms. The van der Waals surface area contributed by atoms with Crippen LogP contribution in [-0.4, -0.2) is 17.6 Å². The Hall–Kier alpha value is -1.39. The molecule has 3 rings (SSSR count). The van der Waals surface area contributed by atoms with Crippen molar-refractivity contribution in [2.45, 2.75) is 25.3 Å². The summed E-state index contributed by atoms with van der Waals surface area (Å²) in [4.78, 5) is 4.19. The van der Waals surface area contributed by atoms with Crippen LogP contribution in [0.4, 0.5) is 4.39 Å². The Kier molecular flexibility index (Phi) is 3.53. The van der Waals surface area contributed by atoms with Crippen LogP contribution in [0.5, 0.6) is 0 Å². The average Bonchev–Trinajstić information content (AvgIpc) is 3.10. The predicted molar refractivity (Wildman–Crippen MR) is 71.6 cm³/mol. The van der Waals surface area contributed by atoms with Crippen molar-refractivity contribution in [3.63, 3.8) is 0 Å². The molecule has 1 fully saturated rings. The summed E-state index contributed by atoms with van der Waals surface area (Å²) < 4.78 is 19.0. The van der Waals surface area contributed by atoms with Gasteiger partial charge in [0.2, 0.25) is 0 Å². The normalized spacial score (nSPS) is 14.8. The van der Waals surface area contributed by atoms with Crippen molar-refractivity contribution in [2.75, 3.05) is 6.54 Å². The second-order valence-corrected chi connectivity index (χ2v) is 5.08. The minimum Gasteiger partial charge on any atom is -0.441 e. The summed E-state index contributed by atoms with van der Waals surface area (Å²) in [6, 6.07) is 5.32. The van der Waals surface area contributed by atoms with Gasteiger partial charge >= 0.3 is 0 Å². The molecule has 0 amide bonds. The Morgan fingerprint density at radius 1 is 1.42 bits per heavy atom. The largest absolute Gasteiger partial charge is 0.441 e. The summed E-state index contributed by atoms with van der Waals surface area (Å²) in [5.41, 5.74) is 0.538. The van der Waals surface area contributed by atoms with E-state index in [4.69, 9.17) is 16.0 Å². The molecular formula is C14H14ClFN2O. The van der Waals surface area contributed by atoms with Crippen LogP contribution in [-0.2, 0) is 6.42 Å². The summed E-state index contributed by atoms with van der Waals surface area (Å²) in [6.45, 7) is 0.849. The van der Waals surface area contributed by atoms with Crippen LogP contribution in [0, 0.1) is 5.82 Å². The monoisotopic (exact) mass is 280 g/mol. The second kappa shape index (κ2) is 5.31. The first-order valence-electron chi connectivity index (χ1n) is 6.36. The van der Waals surface area contributed by atoms with Crippen LogP contribution in [0.15, 0.2) is 28.8 Å². The molecule has 0 unspecified atom stereocenters. The molecule has 1 saturated carbocycles. The SMILES string of the molecule is Fc1cccc(-c2cnc(CCNC3CC3)o2)c1Cl. The lowest BCUT2D eigenvalue weighted by atomic mass is 10.2. The third-order valence-electron chi connectivity index (χ3n) is 3.12. The van der Waals surface area contributed by atoms with Gasteiger partial charge in [0.15, 0.2) is 11.7 Å². The van der Waals surface area contributed by atoms with Gasteiger partial charge in [-0.05, 0) is 25.0 Å². The van der Waals surface area contributed by atoms with Crippen molar-refractivity contribution >= 4 is 11.6 Å². The lowest BCUT2D eigenvalue weighted by Gasteiger charge is -2.01. The molecule has 1 N–H and O–H groups in total. The molecule has 1 aliphatic rings. The van der Waals surface area contributed by atoms with Gasteiger partial charge in [0, 0.05) is 24.6 Å². The van der Waals surface area contributed by atoms with Gasteiger partial charge in [0.1, 0.15) is 5.82 Å². The smallest absolute Gasteiger partial charge is 0.196 e. The Labute approximate surface area is 115 Å². The van der Waals surface area contributed by atoms with Gasteiger partial charge in [-0.2, -0.15) is 0 Å². The number of aromatic nitrogens is 1. The molecule has 1 aromatic heterocycles. The minimum atomic E-state index is -0.451. The minimum absolute atomic E-state index is 0.0707. The van der Waals surface area contributed by atoms with E-state index in [2.05, 4.69) is 10.3 Å². The van der Waals surface area contributed by atoms with Crippen LogP contribution in [0.3, 0.4) is 0 Å². The third kappa shape index (κ3) is 2.96. The maximum absolute atomic E-state index is 13.4. The number of halogens is 2. The van der Waals surface area contributed by atoms with Gasteiger partial charge in [-0.15, -0.1) is 0 Å². The molecule has 1 heterocycles.